The molecule has 3 N–H and O–H groups in total. The fraction of sp³-hybridized carbons (Fsp3) is 0.300. The first-order valence-corrected chi connectivity index (χ1v) is 9.37. The Hall–Kier alpha value is -3.80. The zero-order valence-corrected chi connectivity index (χ0v) is 15.6. The molecule has 2 aliphatic rings. The summed E-state index contributed by atoms with van der Waals surface area (Å²) in [5.41, 5.74) is 1.55. The highest BCUT2D eigenvalue weighted by Crippen LogP contribution is 2.35. The third-order valence-electron chi connectivity index (χ3n) is 5.03. The van der Waals surface area contributed by atoms with Gasteiger partial charge in [0.1, 0.15) is 11.6 Å². The van der Waals surface area contributed by atoms with Gasteiger partial charge in [-0.25, -0.2) is 14.8 Å². The maximum Gasteiger partial charge on any atom is 0.407 e. The summed E-state index contributed by atoms with van der Waals surface area (Å²) in [6.45, 7) is 1.73. The first-order chi connectivity index (χ1) is 14.1. The molecule has 29 heavy (non-hydrogen) atoms. The molecule has 0 bridgehead atoms. The van der Waals surface area contributed by atoms with E-state index >= 15 is 0 Å². The number of para-hydroxylation sites is 2. The second-order valence-corrected chi connectivity index (χ2v) is 6.90. The standard InChI is InChI=1S/C20H20N6O3/c21-11-14(18-24-16-3-1-2-4-17(16)29-18)15-5-8-22-19(25-15)23-12-13-6-9-26(10-7-13)20(27)28/h1-5,8,13,24H,6-7,9-10,12H2,(H,27,28)(H,22,23,25). The molecule has 0 unspecified atom stereocenters. The van der Waals surface area contributed by atoms with E-state index in [4.69, 9.17) is 9.84 Å². The van der Waals surface area contributed by atoms with Crippen LogP contribution in [0.1, 0.15) is 18.5 Å². The number of nitriles is 1. The molecule has 0 spiro atoms. The average molecular weight is 392 g/mol. The Morgan fingerprint density at radius 2 is 2.14 bits per heavy atom. The third-order valence-corrected chi connectivity index (χ3v) is 5.03. The van der Waals surface area contributed by atoms with Gasteiger partial charge in [-0.15, -0.1) is 0 Å². The van der Waals surface area contributed by atoms with E-state index in [0.717, 1.165) is 18.5 Å². The van der Waals surface area contributed by atoms with Crippen molar-refractivity contribution in [2.45, 2.75) is 12.8 Å². The van der Waals surface area contributed by atoms with Crippen LogP contribution in [0.15, 0.2) is 42.4 Å². The van der Waals surface area contributed by atoms with Gasteiger partial charge in [0.15, 0.2) is 5.75 Å². The number of aromatic nitrogens is 2. The molecule has 9 heteroatoms. The molecule has 4 rings (SSSR count). The van der Waals surface area contributed by atoms with Gasteiger partial charge in [-0.2, -0.15) is 5.26 Å². The fourth-order valence-corrected chi connectivity index (χ4v) is 3.40. The van der Waals surface area contributed by atoms with Gasteiger partial charge in [0.25, 0.3) is 0 Å². The van der Waals surface area contributed by atoms with E-state index in [9.17, 15) is 10.1 Å². The fourth-order valence-electron chi connectivity index (χ4n) is 3.40. The predicted octanol–water partition coefficient (Wildman–Crippen LogP) is 2.98. The number of allylic oxidation sites excluding steroid dienone is 1. The number of carboxylic acid groups (broad SMARTS) is 1. The van der Waals surface area contributed by atoms with Gasteiger partial charge in [-0.1, -0.05) is 12.1 Å². The van der Waals surface area contributed by atoms with Gasteiger partial charge in [0, 0.05) is 25.8 Å². The minimum atomic E-state index is -0.866. The SMILES string of the molecule is N#CC(=C1Nc2ccccc2O1)c1ccnc(NCC2CCN(C(=O)O)CC2)n1. The van der Waals surface area contributed by atoms with Crippen LogP contribution in [0.2, 0.25) is 0 Å². The zero-order chi connectivity index (χ0) is 20.2. The summed E-state index contributed by atoms with van der Waals surface area (Å²) >= 11 is 0. The number of rotatable bonds is 4. The van der Waals surface area contributed by atoms with E-state index in [-0.39, 0.29) is 0 Å². The largest absolute Gasteiger partial charge is 0.465 e. The molecule has 9 nitrogen and oxygen atoms in total. The van der Waals surface area contributed by atoms with Crippen LogP contribution in [0, 0.1) is 17.2 Å². The van der Waals surface area contributed by atoms with Gasteiger partial charge in [-0.05, 0) is 37.0 Å². The number of anilines is 2. The first kappa shape index (κ1) is 18.6. The van der Waals surface area contributed by atoms with Crippen molar-refractivity contribution in [3.63, 3.8) is 0 Å². The molecule has 1 fully saturated rings. The van der Waals surface area contributed by atoms with Crippen LogP contribution in [0.4, 0.5) is 16.4 Å². The molecule has 148 valence electrons. The molecule has 1 aromatic carbocycles. The van der Waals surface area contributed by atoms with Gasteiger partial charge < -0.3 is 25.4 Å². The van der Waals surface area contributed by atoms with Crippen LogP contribution in [0.5, 0.6) is 5.75 Å². The van der Waals surface area contributed by atoms with Crippen molar-refractivity contribution in [1.82, 2.24) is 14.9 Å². The number of amides is 1. The molecular weight excluding hydrogens is 372 g/mol. The minimum Gasteiger partial charge on any atom is -0.465 e. The Balaban J connectivity index is 1.43. The molecule has 1 amide bonds. The highest BCUT2D eigenvalue weighted by atomic mass is 16.5. The second-order valence-electron chi connectivity index (χ2n) is 6.90. The lowest BCUT2D eigenvalue weighted by molar-refractivity contribution is 0.126. The van der Waals surface area contributed by atoms with E-state index in [2.05, 4.69) is 26.7 Å². The third kappa shape index (κ3) is 4.06. The van der Waals surface area contributed by atoms with E-state index in [1.54, 1.807) is 12.3 Å². The summed E-state index contributed by atoms with van der Waals surface area (Å²) in [5.74, 6) is 1.78. The number of ether oxygens (including phenoxy) is 1. The van der Waals surface area contributed by atoms with Crippen LogP contribution in [-0.2, 0) is 0 Å². The highest BCUT2D eigenvalue weighted by molar-refractivity contribution is 5.81. The number of nitrogens with zero attached hydrogens (tertiary/aromatic N) is 4. The van der Waals surface area contributed by atoms with Crippen molar-refractivity contribution in [3.8, 4) is 11.8 Å². The lowest BCUT2D eigenvalue weighted by Crippen LogP contribution is -2.39. The Morgan fingerprint density at radius 3 is 2.86 bits per heavy atom. The van der Waals surface area contributed by atoms with Crippen LogP contribution >= 0.6 is 0 Å². The summed E-state index contributed by atoms with van der Waals surface area (Å²) in [6.07, 6.45) is 2.32. The topological polar surface area (TPSA) is 123 Å². The van der Waals surface area contributed by atoms with E-state index in [1.165, 1.54) is 4.90 Å². The molecule has 1 aromatic heterocycles. The highest BCUT2D eigenvalue weighted by Gasteiger charge is 2.23. The number of likely N-dealkylation sites (tertiary alicyclic amines) is 1. The molecule has 3 heterocycles. The smallest absolute Gasteiger partial charge is 0.407 e. The number of nitrogens with one attached hydrogen (secondary N) is 2. The van der Waals surface area contributed by atoms with Gasteiger partial charge in [0.2, 0.25) is 11.8 Å². The quantitative estimate of drug-likeness (QED) is 0.679. The summed E-state index contributed by atoms with van der Waals surface area (Å²) in [4.78, 5) is 21.1. The maximum absolute atomic E-state index is 11.0. The van der Waals surface area contributed by atoms with Crippen LogP contribution < -0.4 is 15.4 Å². The first-order valence-electron chi connectivity index (χ1n) is 9.37. The Bertz CT molecular complexity index is 965. The van der Waals surface area contributed by atoms with Crippen molar-refractivity contribution < 1.29 is 14.6 Å². The lowest BCUT2D eigenvalue weighted by Gasteiger charge is -2.29. The number of piperidine rings is 1. The van der Waals surface area contributed by atoms with Crippen molar-refractivity contribution >= 4 is 23.3 Å². The van der Waals surface area contributed by atoms with E-state index in [0.29, 0.717) is 54.4 Å². The van der Waals surface area contributed by atoms with Crippen LogP contribution in [0.3, 0.4) is 0 Å². The predicted molar refractivity (Wildman–Crippen MR) is 106 cm³/mol. The average Bonchev–Trinajstić information content (AvgIpc) is 3.17. The van der Waals surface area contributed by atoms with Crippen LogP contribution in [0.25, 0.3) is 5.57 Å². The summed E-state index contributed by atoms with van der Waals surface area (Å²) in [5, 5.41) is 25.0. The van der Waals surface area contributed by atoms with E-state index in [1.807, 2.05) is 24.3 Å². The van der Waals surface area contributed by atoms with Crippen molar-refractivity contribution in [3.05, 3.63) is 48.1 Å². The van der Waals surface area contributed by atoms with Crippen molar-refractivity contribution in [2.75, 3.05) is 30.3 Å². The number of benzene rings is 1. The second kappa shape index (κ2) is 8.06. The van der Waals surface area contributed by atoms with Gasteiger partial charge in [-0.3, -0.25) is 0 Å². The monoisotopic (exact) mass is 392 g/mol. The van der Waals surface area contributed by atoms with Crippen molar-refractivity contribution in [2.24, 2.45) is 5.92 Å². The normalized spacial score (nSPS) is 17.6. The number of hydrogen-bond acceptors (Lipinski definition) is 7. The lowest BCUT2D eigenvalue weighted by atomic mass is 9.97. The van der Waals surface area contributed by atoms with Crippen molar-refractivity contribution in [1.29, 1.82) is 5.26 Å². The number of fused-ring (bicyclic) bond motifs is 1. The molecule has 0 aliphatic carbocycles. The maximum atomic E-state index is 11.0. The number of hydrogen-bond donors (Lipinski definition) is 3. The molecular formula is C20H20N6O3. The molecule has 2 aromatic rings. The summed E-state index contributed by atoms with van der Waals surface area (Å²) in [6, 6.07) is 11.3. The number of carbonyl (C=O) groups is 1. The Morgan fingerprint density at radius 1 is 1.34 bits per heavy atom. The summed E-state index contributed by atoms with van der Waals surface area (Å²) < 4.78 is 5.75. The van der Waals surface area contributed by atoms with Gasteiger partial charge >= 0.3 is 6.09 Å². The van der Waals surface area contributed by atoms with E-state index < -0.39 is 6.09 Å². The molecule has 1 saturated heterocycles. The minimum absolute atomic E-state index is 0.293. The summed E-state index contributed by atoms with van der Waals surface area (Å²) in [7, 11) is 0. The molecule has 0 radical (unpaired) electrons. The van der Waals surface area contributed by atoms with Crippen LogP contribution in [-0.4, -0.2) is 45.7 Å². The Labute approximate surface area is 167 Å². The zero-order valence-electron chi connectivity index (χ0n) is 15.6. The molecule has 0 atom stereocenters. The molecule has 0 saturated carbocycles. The van der Waals surface area contributed by atoms with Gasteiger partial charge in [0.05, 0.1) is 11.4 Å². The Kier molecular flexibility index (Phi) is 5.16. The molecule has 2 aliphatic heterocycles.